The molecule has 2 aromatic heterocycles. The molecular weight excluding hydrogens is 817 g/mol. The highest BCUT2D eigenvalue weighted by molar-refractivity contribution is 5.91. The van der Waals surface area contributed by atoms with Crippen molar-refractivity contribution in [2.24, 2.45) is 23.7 Å². The lowest BCUT2D eigenvalue weighted by Crippen LogP contribution is -2.55. The van der Waals surface area contributed by atoms with Gasteiger partial charge in [-0.3, -0.25) is 9.59 Å². The monoisotopic (exact) mass is 876 g/mol. The van der Waals surface area contributed by atoms with Crippen LogP contribution in [0.4, 0.5) is 9.59 Å². The molecule has 0 spiro atoms. The molecule has 6 heterocycles. The highest BCUT2D eigenvalue weighted by atomic mass is 16.5. The smallest absolute Gasteiger partial charge is 0.407 e. The van der Waals surface area contributed by atoms with Crippen LogP contribution in [0, 0.1) is 23.7 Å². The number of nitrogens with one attached hydrogen (secondary N) is 4. The normalized spacial score (nSPS) is 32.6. The lowest BCUT2D eigenvalue weighted by atomic mass is 9.85. The van der Waals surface area contributed by atoms with Crippen LogP contribution >= 0.6 is 0 Å². The molecule has 2 aliphatic carbocycles. The van der Waals surface area contributed by atoms with Crippen LogP contribution in [0.2, 0.25) is 0 Å². The molecule has 2 saturated carbocycles. The second-order valence-corrected chi connectivity index (χ2v) is 19.5. The number of amides is 4. The zero-order valence-corrected chi connectivity index (χ0v) is 37.4. The first-order valence-electron chi connectivity index (χ1n) is 23.1. The zero-order chi connectivity index (χ0) is 44.6. The van der Waals surface area contributed by atoms with E-state index in [9.17, 15) is 19.2 Å². The number of ether oxygens (including phenoxy) is 4. The summed E-state index contributed by atoms with van der Waals surface area (Å²) in [6.45, 7) is 8.06. The van der Waals surface area contributed by atoms with Gasteiger partial charge in [-0.25, -0.2) is 19.6 Å². The number of nitrogens with zero attached hydrogens (tertiary/aromatic N) is 4. The number of methoxy groups -OCH3 is 2. The van der Waals surface area contributed by atoms with E-state index in [2.05, 4.69) is 57.0 Å². The Morgan fingerprint density at radius 1 is 0.609 bits per heavy atom. The molecule has 4 unspecified atom stereocenters. The number of likely N-dealkylation sites (tertiary alicyclic amines) is 2. The quantitative estimate of drug-likeness (QED) is 0.132. The molecule has 6 aliphatic rings. The number of hydrogen-bond acceptors (Lipinski definition) is 10. The number of carbonyl (C=O) groups excluding carboxylic acids is 4. The third-order valence-corrected chi connectivity index (χ3v) is 14.9. The predicted molar refractivity (Wildman–Crippen MR) is 235 cm³/mol. The Morgan fingerprint density at radius 3 is 1.38 bits per heavy atom. The van der Waals surface area contributed by atoms with Crippen LogP contribution in [-0.2, 0) is 28.5 Å². The first-order chi connectivity index (χ1) is 30.8. The number of H-pyrrole nitrogens is 2. The molecule has 2 aromatic carbocycles. The Kier molecular flexibility index (Phi) is 11.2. The van der Waals surface area contributed by atoms with Gasteiger partial charge in [-0.15, -0.1) is 0 Å². The van der Waals surface area contributed by atoms with Crippen molar-refractivity contribution in [1.82, 2.24) is 40.4 Å². The van der Waals surface area contributed by atoms with Gasteiger partial charge in [0.25, 0.3) is 0 Å². The van der Waals surface area contributed by atoms with Gasteiger partial charge in [-0.05, 0) is 126 Å². The number of benzene rings is 2. The summed E-state index contributed by atoms with van der Waals surface area (Å²) in [6.07, 6.45) is 8.66. The largest absolute Gasteiger partial charge is 0.453 e. The molecule has 16 heteroatoms. The van der Waals surface area contributed by atoms with Crippen molar-refractivity contribution in [1.29, 1.82) is 0 Å². The number of piperidine rings is 2. The Balaban J connectivity index is 0.848. The highest BCUT2D eigenvalue weighted by Crippen LogP contribution is 2.55. The molecule has 64 heavy (non-hydrogen) atoms. The van der Waals surface area contributed by atoms with E-state index < -0.39 is 24.3 Å². The summed E-state index contributed by atoms with van der Waals surface area (Å²) in [7, 11) is 2.65. The Hall–Kier alpha value is -5.48. The van der Waals surface area contributed by atoms with Gasteiger partial charge in [-0.1, -0.05) is 24.3 Å². The van der Waals surface area contributed by atoms with Crippen LogP contribution < -0.4 is 10.6 Å². The van der Waals surface area contributed by atoms with E-state index in [1.807, 2.05) is 49.9 Å². The van der Waals surface area contributed by atoms with E-state index in [4.69, 9.17) is 28.9 Å². The van der Waals surface area contributed by atoms with Crippen molar-refractivity contribution in [3.63, 3.8) is 0 Å². The van der Waals surface area contributed by atoms with E-state index >= 15 is 0 Å². The maximum atomic E-state index is 14.5. The first-order valence-corrected chi connectivity index (χ1v) is 23.1. The Bertz CT molecular complexity index is 2250. The van der Waals surface area contributed by atoms with Crippen LogP contribution in [0.15, 0.2) is 48.8 Å². The van der Waals surface area contributed by atoms with Crippen molar-refractivity contribution in [2.75, 3.05) is 14.2 Å². The van der Waals surface area contributed by atoms with E-state index in [-0.39, 0.29) is 72.2 Å². The highest BCUT2D eigenvalue weighted by Gasteiger charge is 2.58. The van der Waals surface area contributed by atoms with Crippen LogP contribution in [0.1, 0.15) is 103 Å². The van der Waals surface area contributed by atoms with Gasteiger partial charge < -0.3 is 49.3 Å². The summed E-state index contributed by atoms with van der Waals surface area (Å²) in [6, 6.07) is 11.0. The zero-order valence-electron chi connectivity index (χ0n) is 37.4. The summed E-state index contributed by atoms with van der Waals surface area (Å²) in [5, 5.41) is 7.91. The number of fused-ring (bicyclic) bond motifs is 3. The van der Waals surface area contributed by atoms with Crippen molar-refractivity contribution < 1.29 is 38.1 Å². The number of carbonyl (C=O) groups is 4. The van der Waals surface area contributed by atoms with E-state index in [0.717, 1.165) is 70.6 Å². The third-order valence-electron chi connectivity index (χ3n) is 14.9. The van der Waals surface area contributed by atoms with Gasteiger partial charge >= 0.3 is 12.2 Å². The second kappa shape index (κ2) is 16.8. The average Bonchev–Trinajstić information content (AvgIpc) is 3.86. The summed E-state index contributed by atoms with van der Waals surface area (Å²) >= 11 is 0. The van der Waals surface area contributed by atoms with Crippen LogP contribution in [0.3, 0.4) is 0 Å². The van der Waals surface area contributed by atoms with Crippen LogP contribution in [0.25, 0.3) is 33.3 Å². The molecular formula is C48H60N8O8. The third kappa shape index (κ3) is 8.12. The van der Waals surface area contributed by atoms with Gasteiger partial charge in [0.15, 0.2) is 0 Å². The minimum Gasteiger partial charge on any atom is -0.453 e. The molecule has 4 aliphatic heterocycles. The van der Waals surface area contributed by atoms with E-state index in [0.29, 0.717) is 37.5 Å². The van der Waals surface area contributed by atoms with Gasteiger partial charge in [0.2, 0.25) is 11.8 Å². The maximum Gasteiger partial charge on any atom is 0.407 e. The topological polar surface area (TPSA) is 193 Å². The van der Waals surface area contributed by atoms with Gasteiger partial charge in [-0.2, -0.15) is 0 Å². The van der Waals surface area contributed by atoms with Gasteiger partial charge in [0.05, 0.1) is 74.5 Å². The van der Waals surface area contributed by atoms with Crippen molar-refractivity contribution in [3.05, 3.63) is 60.4 Å². The van der Waals surface area contributed by atoms with Crippen LogP contribution in [0.5, 0.6) is 0 Å². The Labute approximate surface area is 372 Å². The number of aromatic amines is 2. The fourth-order valence-electron chi connectivity index (χ4n) is 11.8. The number of rotatable bonds is 10. The minimum atomic E-state index is -0.714. The van der Waals surface area contributed by atoms with Crippen molar-refractivity contribution >= 4 is 34.8 Å². The lowest BCUT2D eigenvalue weighted by Gasteiger charge is -2.38. The van der Waals surface area contributed by atoms with E-state index in [1.165, 1.54) is 14.2 Å². The summed E-state index contributed by atoms with van der Waals surface area (Å²) in [5.74, 6) is 2.00. The Morgan fingerprint density at radius 2 is 1.00 bits per heavy atom. The van der Waals surface area contributed by atoms with Crippen LogP contribution in [-0.4, -0.2) is 117 Å². The number of imidazole rings is 2. The molecule has 340 valence electrons. The predicted octanol–water partition coefficient (Wildman–Crippen LogP) is 6.80. The fourth-order valence-corrected chi connectivity index (χ4v) is 11.8. The lowest BCUT2D eigenvalue weighted by molar-refractivity contribution is -0.140. The number of hydrogen-bond donors (Lipinski definition) is 4. The molecule has 4 aromatic rings. The number of aromatic nitrogens is 4. The first kappa shape index (κ1) is 42.5. The van der Waals surface area contributed by atoms with Gasteiger partial charge in [0.1, 0.15) is 23.7 Å². The molecule has 6 fully saturated rings. The van der Waals surface area contributed by atoms with Crippen molar-refractivity contribution in [2.45, 2.75) is 140 Å². The average molecular weight is 877 g/mol. The molecule has 0 radical (unpaired) electrons. The molecule has 16 nitrogen and oxygen atoms in total. The molecule has 4 amide bonds. The number of alkyl carbamates (subject to hydrolysis) is 2. The summed E-state index contributed by atoms with van der Waals surface area (Å²) < 4.78 is 21.9. The minimum absolute atomic E-state index is 0.0162. The van der Waals surface area contributed by atoms with Gasteiger partial charge in [0, 0.05) is 23.2 Å². The molecule has 0 bridgehead atoms. The molecule has 14 atom stereocenters. The maximum absolute atomic E-state index is 14.5. The molecule has 4 N–H and O–H groups in total. The molecule has 10 rings (SSSR count). The summed E-state index contributed by atoms with van der Waals surface area (Å²) in [4.78, 5) is 74.8. The second-order valence-electron chi connectivity index (χ2n) is 19.5. The van der Waals surface area contributed by atoms with E-state index in [1.54, 1.807) is 0 Å². The molecule has 4 saturated heterocycles. The fraction of sp³-hybridized carbons (Fsp3) is 0.583. The standard InChI is InChI=1S/C48H60N8O8/c1-23-11-33(12-24(2)63-23)41(53-47(59)61-5)45(57)55-37-17-31(37)19-39(55)43-49-21-35(51-43)29-9-7-28-16-30(10-8-27(28)15-29)36-22-50-44(52-36)40-20-32-18-38(32)56(40)46(58)42(54-48(60)62-6)34-13-25(3)64-26(4)14-34/h7-10,15-16,21-26,31-34,37-42H,11-14,17-20H2,1-6H3,(H,49,51)(H,50,52)(H,53,59)(H,54,60)/t23-,24+,25-,26+,31-,32-,33?,34?,37-,38-,39+,40+,41?,42?/m1/s1. The van der Waals surface area contributed by atoms with Crippen molar-refractivity contribution in [3.8, 4) is 22.5 Å². The summed E-state index contributed by atoms with van der Waals surface area (Å²) in [5.41, 5.74) is 3.69. The SMILES string of the molecule is COC(=O)NC(C(=O)N1[C@@H]2C[C@@H]2C[C@H]1c1ncc(-c2ccc3cc(-c4cnc([C@@H]5C[C@H]6C[C@H]6N5C(=O)C(NC(=O)OC)C5C[C@@H](C)O[C@@H](C)C5)[nH]4)ccc3c2)[nH]1)C1C[C@@H](C)O[C@@H](C)C1.